The van der Waals surface area contributed by atoms with Crippen LogP contribution in [0.2, 0.25) is 0 Å². The predicted molar refractivity (Wildman–Crippen MR) is 455 cm³/mol. The van der Waals surface area contributed by atoms with Crippen molar-refractivity contribution in [3.63, 3.8) is 0 Å². The smallest absolute Gasteiger partial charge is 0.0700 e. The molecule has 0 aliphatic rings. The van der Waals surface area contributed by atoms with Gasteiger partial charge >= 0.3 is 0 Å². The van der Waals surface area contributed by atoms with E-state index >= 15 is 0 Å². The molecule has 0 spiro atoms. The Bertz CT molecular complexity index is 1120. The van der Waals surface area contributed by atoms with E-state index in [0.717, 1.165) is 44.9 Å². The molecule has 0 radical (unpaired) electrons. The summed E-state index contributed by atoms with van der Waals surface area (Å²) in [6.45, 7) is 32.3. The van der Waals surface area contributed by atoms with Crippen LogP contribution in [0.3, 0.4) is 0 Å². The van der Waals surface area contributed by atoms with Crippen LogP contribution in [0.25, 0.3) is 0 Å². The van der Waals surface area contributed by atoms with E-state index in [2.05, 4.69) is 48.5 Å². The number of thioether (sulfide) groups is 8. The number of ether oxygens (including phenoxy) is 18. The van der Waals surface area contributed by atoms with Crippen molar-refractivity contribution in [2.75, 3.05) is 338 Å². The molecule has 618 valence electrons. The number of hydrogen-bond acceptors (Lipinski definition) is 26. The molecule has 0 aromatic heterocycles. The second-order valence-corrected chi connectivity index (χ2v) is 28.2. The third-order valence-electron chi connectivity index (χ3n) is 10.5. The van der Waals surface area contributed by atoms with Gasteiger partial charge in [0.2, 0.25) is 0 Å². The van der Waals surface area contributed by atoms with Crippen molar-refractivity contribution in [2.45, 2.75) is 123 Å². The van der Waals surface area contributed by atoms with Crippen LogP contribution in [0, 0.1) is 16.2 Å². The Morgan fingerprint density at radius 1 is 0.152 bits per heavy atom. The van der Waals surface area contributed by atoms with Crippen LogP contribution in [0.4, 0.5) is 0 Å². The van der Waals surface area contributed by atoms with Gasteiger partial charge in [-0.15, -0.1) is 0 Å². The van der Waals surface area contributed by atoms with E-state index < -0.39 is 16.2 Å². The summed E-state index contributed by atoms with van der Waals surface area (Å²) in [5.74, 6) is 0. The Balaban J connectivity index is -0.000000243. The Hall–Kier alpha value is 2.08. The van der Waals surface area contributed by atoms with E-state index in [0.29, 0.717) is 198 Å². The van der Waals surface area contributed by atoms with Gasteiger partial charge in [0.15, 0.2) is 0 Å². The minimum atomic E-state index is -0.787. The van der Waals surface area contributed by atoms with Crippen molar-refractivity contribution in [1.82, 2.24) is 0 Å². The quantitative estimate of drug-likeness (QED) is 0.0527. The summed E-state index contributed by atoms with van der Waals surface area (Å²) in [5, 5.41) is 0. The van der Waals surface area contributed by atoms with Gasteiger partial charge < -0.3 is 85.3 Å². The van der Waals surface area contributed by atoms with Gasteiger partial charge in [0, 0.05) is 52.9 Å². The fraction of sp³-hybridized carbons (Fsp3) is 1.00. The van der Waals surface area contributed by atoms with Gasteiger partial charge in [0.25, 0.3) is 0 Å². The molecule has 0 atom stereocenters. The Labute approximate surface area is 651 Å². The second-order valence-electron chi connectivity index (χ2n) is 21.7. The van der Waals surface area contributed by atoms with Gasteiger partial charge in [0.1, 0.15) is 0 Å². The zero-order valence-corrected chi connectivity index (χ0v) is 73.1. The number of hydrogen-bond donors (Lipinski definition) is 0. The molecule has 0 amide bonds. The van der Waals surface area contributed by atoms with Crippen LogP contribution < -0.4 is 0 Å². The van der Waals surface area contributed by atoms with Gasteiger partial charge in [-0.05, 0) is 152 Å². The van der Waals surface area contributed by atoms with E-state index in [9.17, 15) is 0 Å². The maximum Gasteiger partial charge on any atom is 0.0700 e. The predicted octanol–water partition coefficient (Wildman–Crippen LogP) is 16.9. The molecular weight excluding hydrogens is 1420 g/mol. The van der Waals surface area contributed by atoms with E-state index in [1.807, 2.05) is 107 Å². The van der Waals surface area contributed by atoms with Crippen molar-refractivity contribution < 1.29 is 85.3 Å². The zero-order chi connectivity index (χ0) is 74.3. The molecule has 99 heavy (non-hydrogen) atoms. The molecule has 0 heterocycles. The Morgan fingerprint density at radius 2 is 0.253 bits per heavy atom. The van der Waals surface area contributed by atoms with Crippen LogP contribution in [-0.4, -0.2) is 338 Å². The van der Waals surface area contributed by atoms with Crippen LogP contribution >= 0.6 is 94.1 Å². The first-order valence-electron chi connectivity index (χ1n) is 34.3. The zero-order valence-electron chi connectivity index (χ0n) is 66.5. The molecule has 0 unspecified atom stereocenters. The summed E-state index contributed by atoms with van der Waals surface area (Å²) in [6, 6.07) is 0. The fourth-order valence-electron chi connectivity index (χ4n) is 6.84. The lowest BCUT2D eigenvalue weighted by Gasteiger charge is -2.38. The first-order chi connectivity index (χ1) is 46.7. The van der Waals surface area contributed by atoms with Gasteiger partial charge in [-0.3, -0.25) is 0 Å². The van der Waals surface area contributed by atoms with Crippen molar-refractivity contribution in [2.24, 2.45) is 16.2 Å². The van der Waals surface area contributed by atoms with E-state index in [1.54, 1.807) is 94.1 Å². The van der Waals surface area contributed by atoms with Crippen LogP contribution in [-0.2, 0) is 85.3 Å². The van der Waals surface area contributed by atoms with E-state index in [-0.39, 0.29) is 61.9 Å². The summed E-state index contributed by atoms with van der Waals surface area (Å²) in [4.78, 5) is 0. The van der Waals surface area contributed by atoms with Crippen molar-refractivity contribution in [3.05, 3.63) is 0 Å². The molecule has 0 rings (SSSR count). The van der Waals surface area contributed by atoms with Gasteiger partial charge in [-0.1, -0.05) is 70.7 Å². The first kappa shape index (κ1) is 128. The van der Waals surface area contributed by atoms with Crippen LogP contribution in [0.5, 0.6) is 0 Å². The van der Waals surface area contributed by atoms with Crippen LogP contribution in [0.1, 0.15) is 123 Å². The molecule has 0 aromatic carbocycles. The van der Waals surface area contributed by atoms with Crippen LogP contribution in [0.15, 0.2) is 0 Å². The molecule has 0 fully saturated rings. The summed E-state index contributed by atoms with van der Waals surface area (Å²) in [5.41, 5.74) is -2.17. The second kappa shape index (κ2) is 124. The highest BCUT2D eigenvalue weighted by atomic mass is 32.2. The maximum absolute atomic E-state index is 6.90. The lowest BCUT2D eigenvalue weighted by atomic mass is 9.89. The highest BCUT2D eigenvalue weighted by Crippen LogP contribution is 2.28. The third-order valence-corrected chi connectivity index (χ3v) is 10.5. The molecular formula is C73H170O18S8. The standard InChI is InChI=1S/C54H110O18.8C2H6S.3CH4/c1-9-17-56-25-33-64-41-52(40-63-32-24-55-16-8,42-65-34-26-57-18-10-2)48-71-50-54(46-69-38-30-61-22-14-6,47-70-39-31-62-23-15-7)51-72-49-53(43-66-35-27-58-19-11-3,44-67-36-28-59-20-12-4)45-68-37-29-60-21-13-5;8*1-3-2;;;/h9-51H2,1-8H3;8*1-2H3;3*1H4. The first-order valence-corrected chi connectivity index (χ1v) is 47.4. The minimum absolute atomic E-state index is 0. The molecule has 0 saturated heterocycles. The van der Waals surface area contributed by atoms with Gasteiger partial charge in [-0.25, -0.2) is 0 Å². The van der Waals surface area contributed by atoms with Crippen molar-refractivity contribution in [1.29, 1.82) is 0 Å². The molecule has 0 aromatic rings. The largest absolute Gasteiger partial charge is 0.380 e. The molecule has 18 nitrogen and oxygen atoms in total. The molecule has 0 N–H and O–H groups in total. The average molecular weight is 1590 g/mol. The Morgan fingerprint density at radius 3 is 0.364 bits per heavy atom. The van der Waals surface area contributed by atoms with E-state index in [1.165, 1.54) is 0 Å². The normalized spacial score (nSPS) is 10.5. The van der Waals surface area contributed by atoms with E-state index in [4.69, 9.17) is 85.3 Å². The molecule has 0 aliphatic carbocycles. The summed E-state index contributed by atoms with van der Waals surface area (Å²) in [7, 11) is 0. The molecule has 0 saturated carbocycles. The monoisotopic (exact) mass is 1590 g/mol. The maximum atomic E-state index is 6.90. The highest BCUT2D eigenvalue weighted by molar-refractivity contribution is 7.99. The fourth-order valence-corrected chi connectivity index (χ4v) is 6.84. The molecule has 0 aliphatic heterocycles. The lowest BCUT2D eigenvalue weighted by Crippen LogP contribution is -2.48. The summed E-state index contributed by atoms with van der Waals surface area (Å²) < 4.78 is 111. The van der Waals surface area contributed by atoms with Crippen molar-refractivity contribution >= 4 is 94.1 Å². The van der Waals surface area contributed by atoms with Gasteiger partial charge in [-0.2, -0.15) is 94.1 Å². The lowest BCUT2D eigenvalue weighted by molar-refractivity contribution is -0.162. The summed E-state index contributed by atoms with van der Waals surface area (Å²) >= 11 is 14.0. The topological polar surface area (TPSA) is 166 Å². The Kier molecular flexibility index (Phi) is 160. The minimum Gasteiger partial charge on any atom is -0.380 e. The summed E-state index contributed by atoms with van der Waals surface area (Å²) in [6.07, 6.45) is 39.2. The highest BCUT2D eigenvalue weighted by Gasteiger charge is 2.39. The molecule has 0 bridgehead atoms. The third kappa shape index (κ3) is 121. The van der Waals surface area contributed by atoms with Crippen molar-refractivity contribution in [3.8, 4) is 0 Å². The SMILES string of the molecule is C.C.C.CCCOCCOCC(COCCOCC)(COCCOCCC)COCC(COCCOCCC)(COCCOCCC)COCC(COCCOCCC)(COCCOCCC)COCCOCCC.CSC.CSC.CSC.CSC.CSC.CSC.CSC.CSC. The number of rotatable bonds is 63. The molecule has 26 heteroatoms. The van der Waals surface area contributed by atoms with Gasteiger partial charge in [0.05, 0.1) is 201 Å². The average Bonchev–Trinajstić information content (AvgIpc) is 0.871.